The van der Waals surface area contributed by atoms with Crippen molar-refractivity contribution in [3.05, 3.63) is 0 Å². The minimum absolute atomic E-state index is 0.0537. The first-order chi connectivity index (χ1) is 18.1. The van der Waals surface area contributed by atoms with E-state index in [0.29, 0.717) is 11.0 Å². The SMILES string of the molecule is CC(CC(C)(C#N)CCC(=O)NCCC[Si](O)(O[Si](O)(O)O)O[Si](O)(O)O)C(=O)OCC[N+](C)(C)C.[Cl][Au-]([Cl])([Cl])[Cl]. The number of nitrogens with zero attached hydrogens (tertiary/aromatic N) is 2. The summed E-state index contributed by atoms with van der Waals surface area (Å²) >= 11 is -3.00. The van der Waals surface area contributed by atoms with E-state index in [0.717, 1.165) is 0 Å². The van der Waals surface area contributed by atoms with Crippen molar-refractivity contribution < 1.29 is 73.4 Å². The molecule has 2 atom stereocenters. The second-order valence-electron chi connectivity index (χ2n) is 10.2. The zero-order valence-corrected chi connectivity index (χ0v) is 31.3. The number of rotatable bonds is 17. The van der Waals surface area contributed by atoms with Crippen molar-refractivity contribution >= 4 is 75.5 Å². The van der Waals surface area contributed by atoms with Crippen LogP contribution in [0, 0.1) is 22.7 Å². The molecule has 0 aromatic heterocycles. The molecule has 0 heterocycles. The van der Waals surface area contributed by atoms with Gasteiger partial charge < -0.3 is 56.3 Å². The van der Waals surface area contributed by atoms with E-state index in [1.54, 1.807) is 13.8 Å². The van der Waals surface area contributed by atoms with Crippen molar-refractivity contribution in [1.82, 2.24) is 5.32 Å². The summed E-state index contributed by atoms with van der Waals surface area (Å²) in [7, 11) is 10.4. The van der Waals surface area contributed by atoms with Crippen molar-refractivity contribution in [2.24, 2.45) is 11.3 Å². The Hall–Kier alpha value is 0.581. The Morgan fingerprint density at radius 3 is 1.88 bits per heavy atom. The molecular weight excluding hydrogens is 873 g/mol. The van der Waals surface area contributed by atoms with Crippen molar-refractivity contribution in [2.75, 3.05) is 40.8 Å². The van der Waals surface area contributed by atoms with E-state index in [1.165, 1.54) is 0 Å². The number of nitriles is 1. The fourth-order valence-electron chi connectivity index (χ4n) is 3.09. The van der Waals surface area contributed by atoms with Crippen LogP contribution in [0.25, 0.3) is 0 Å². The van der Waals surface area contributed by atoms with E-state index in [9.17, 15) is 19.6 Å². The number of carbonyl (C=O) groups is 2. The van der Waals surface area contributed by atoms with Gasteiger partial charge in [0, 0.05) is 19.0 Å². The second kappa shape index (κ2) is 18.5. The number of amides is 1. The summed E-state index contributed by atoms with van der Waals surface area (Å²) in [6, 6.07) is 1.58. The Labute approximate surface area is 261 Å². The Kier molecular flexibility index (Phi) is 19.7. The normalized spacial score (nSPS) is 15.5. The first kappa shape index (κ1) is 43.7. The van der Waals surface area contributed by atoms with Crippen LogP contribution in [0.1, 0.15) is 39.5 Å². The molecular formula is C18H40AuCl4N3O12Si3. The Morgan fingerprint density at radius 1 is 1.02 bits per heavy atom. The van der Waals surface area contributed by atoms with Crippen LogP contribution >= 0.6 is 36.8 Å². The van der Waals surface area contributed by atoms with Crippen LogP contribution in [0.3, 0.4) is 0 Å². The molecule has 23 heteroatoms. The molecule has 0 fully saturated rings. The molecule has 0 saturated heterocycles. The molecule has 0 rings (SSSR count). The van der Waals surface area contributed by atoms with E-state index >= 15 is 0 Å². The number of carbonyl (C=O) groups excluding carboxylic acids is 2. The van der Waals surface area contributed by atoms with Crippen molar-refractivity contribution in [2.45, 2.75) is 45.6 Å². The van der Waals surface area contributed by atoms with Crippen molar-refractivity contribution in [1.29, 1.82) is 5.26 Å². The second-order valence-corrected chi connectivity index (χ2v) is 34.9. The summed E-state index contributed by atoms with van der Waals surface area (Å²) in [6.07, 6.45) is 0.173. The van der Waals surface area contributed by atoms with Gasteiger partial charge in [-0.1, -0.05) is 6.92 Å². The molecule has 8 N–H and O–H groups in total. The molecule has 0 bridgehead atoms. The molecule has 0 saturated carbocycles. The van der Waals surface area contributed by atoms with Gasteiger partial charge in [-0.05, 0) is 26.2 Å². The van der Waals surface area contributed by atoms with Gasteiger partial charge in [0.2, 0.25) is 5.91 Å². The molecule has 1 amide bonds. The fraction of sp³-hybridized carbons (Fsp3) is 0.833. The third-order valence-electron chi connectivity index (χ3n) is 4.92. The molecule has 0 spiro atoms. The number of hydrogen-bond acceptors (Lipinski definition) is 13. The first-order valence-corrected chi connectivity index (χ1v) is 27.9. The van der Waals surface area contributed by atoms with Gasteiger partial charge in [0.15, 0.2) is 0 Å². The van der Waals surface area contributed by atoms with Gasteiger partial charge >= 0.3 is 82.4 Å². The Morgan fingerprint density at radius 2 is 1.49 bits per heavy atom. The van der Waals surface area contributed by atoms with Gasteiger partial charge in [-0.3, -0.25) is 9.59 Å². The van der Waals surface area contributed by atoms with Gasteiger partial charge in [-0.2, -0.15) is 5.26 Å². The third-order valence-corrected chi connectivity index (χ3v) is 10.7. The van der Waals surface area contributed by atoms with Gasteiger partial charge in [-0.25, -0.2) is 0 Å². The Balaban J connectivity index is 0. The maximum absolute atomic E-state index is 12.2. The van der Waals surface area contributed by atoms with Crippen molar-refractivity contribution in [3.8, 4) is 6.07 Å². The topological polar surface area (TPSA) is 239 Å². The van der Waals surface area contributed by atoms with E-state index in [1.807, 2.05) is 21.1 Å². The van der Waals surface area contributed by atoms with Crippen molar-refractivity contribution in [3.63, 3.8) is 0 Å². The summed E-state index contributed by atoms with van der Waals surface area (Å²) in [5, 5.41) is 12.1. The quantitative estimate of drug-likeness (QED) is 0.0403. The van der Waals surface area contributed by atoms with Gasteiger partial charge in [0.25, 0.3) is 0 Å². The number of halogens is 4. The van der Waals surface area contributed by atoms with Gasteiger partial charge in [0.1, 0.15) is 13.2 Å². The molecule has 0 aromatic carbocycles. The van der Waals surface area contributed by atoms with Crippen LogP contribution < -0.4 is 5.32 Å². The molecule has 2 unspecified atom stereocenters. The van der Waals surface area contributed by atoms with Gasteiger partial charge in [-0.15, -0.1) is 0 Å². The molecule has 41 heavy (non-hydrogen) atoms. The average molecular weight is 914 g/mol. The predicted octanol–water partition coefficient (Wildman–Crippen LogP) is -0.377. The van der Waals surface area contributed by atoms with Crippen LogP contribution in [0.4, 0.5) is 0 Å². The van der Waals surface area contributed by atoms with E-state index in [4.69, 9.17) is 70.3 Å². The zero-order chi connectivity index (χ0) is 32.9. The molecule has 0 aliphatic rings. The van der Waals surface area contributed by atoms with Crippen LogP contribution in [-0.4, -0.2) is 118 Å². The fourth-order valence-corrected chi connectivity index (χ4v) is 8.50. The zero-order valence-electron chi connectivity index (χ0n) is 23.1. The van der Waals surface area contributed by atoms with E-state index in [2.05, 4.69) is 19.6 Å². The number of likely N-dealkylation sites (N-methyl/N-ethyl adjacent to an activating group) is 1. The molecule has 0 aromatic rings. The number of hydrogen-bond donors (Lipinski definition) is 8. The van der Waals surface area contributed by atoms with E-state index in [-0.39, 0.29) is 38.8 Å². The number of quaternary nitrogens is 1. The minimum atomic E-state index is -5.33. The maximum atomic E-state index is 12.2. The first-order valence-electron chi connectivity index (χ1n) is 11.7. The molecule has 0 aliphatic heterocycles. The van der Waals surface area contributed by atoms with Crippen LogP contribution in [0.5, 0.6) is 0 Å². The average Bonchev–Trinajstić information content (AvgIpc) is 2.70. The summed E-state index contributed by atoms with van der Waals surface area (Å²) < 4.78 is 14.4. The van der Waals surface area contributed by atoms with Gasteiger partial charge in [0.05, 0.1) is 38.5 Å². The monoisotopic (exact) mass is 911 g/mol. The molecule has 0 aliphatic carbocycles. The number of ether oxygens (including phenoxy) is 1. The van der Waals surface area contributed by atoms with Crippen LogP contribution in [-0.2, 0) is 35.4 Å². The third kappa shape index (κ3) is 29.1. The molecule has 0 radical (unpaired) electrons. The van der Waals surface area contributed by atoms with Crippen LogP contribution in [0.2, 0.25) is 6.04 Å². The van der Waals surface area contributed by atoms with Crippen LogP contribution in [0.15, 0.2) is 0 Å². The van der Waals surface area contributed by atoms with E-state index < -0.39 is 69.0 Å². The summed E-state index contributed by atoms with van der Waals surface area (Å²) in [5.41, 5.74) is -0.973. The number of esters is 1. The molecule has 15 nitrogen and oxygen atoms in total. The summed E-state index contributed by atoms with van der Waals surface area (Å²) in [4.78, 5) is 88.6. The predicted molar refractivity (Wildman–Crippen MR) is 151 cm³/mol. The molecule has 250 valence electrons. The standard InChI is InChI=1S/C18H39N3O12Si3.Au.4ClH/c1-15(17(23)31-11-10-21(3,4)5)13-18(2,14-19)8-7-16(22)20-9-6-12-34(24,32-35(25,26)27)33-36(28,29)30;;;;;/h15,24-30H,6-13H2,1-5H3;;4*1H/q;+3;;;;/p-3. The summed E-state index contributed by atoms with van der Waals surface area (Å²) in [6.45, 7) is 4.10. The Bertz CT molecular complexity index is 847. The number of nitrogens with one attached hydrogen (secondary N) is 1. The summed E-state index contributed by atoms with van der Waals surface area (Å²) in [5.74, 6) is -1.42.